The predicted molar refractivity (Wildman–Crippen MR) is 91.7 cm³/mol. The first kappa shape index (κ1) is 18.3. The van der Waals surface area contributed by atoms with Crippen molar-refractivity contribution in [3.05, 3.63) is 48.1 Å². The van der Waals surface area contributed by atoms with Crippen LogP contribution < -0.4 is 9.47 Å². The number of hydrogen-bond donors (Lipinski definition) is 1. The third kappa shape index (κ3) is 6.35. The monoisotopic (exact) mass is 304 g/mol. The standard InChI is InChI=1S/C19H28O3/c1-5-17(20)11-7-9-15(2)8-6-10-16-12-13-18(21-3)19(14-16)22-4/h5,8,12-14,17,20H,1,6-7,9-11H2,2-4H3/b15-8+. The molecule has 0 heterocycles. The third-order valence-corrected chi connectivity index (χ3v) is 3.72. The van der Waals surface area contributed by atoms with Crippen molar-refractivity contribution in [1.29, 1.82) is 0 Å². The number of hydrogen-bond acceptors (Lipinski definition) is 3. The lowest BCUT2D eigenvalue weighted by molar-refractivity contribution is 0.210. The van der Waals surface area contributed by atoms with Crippen LogP contribution in [0.4, 0.5) is 0 Å². The Labute approximate surface area is 134 Å². The van der Waals surface area contributed by atoms with Gasteiger partial charge in [-0.05, 0) is 56.7 Å². The van der Waals surface area contributed by atoms with Gasteiger partial charge in [-0.1, -0.05) is 23.8 Å². The molecule has 0 radical (unpaired) electrons. The number of rotatable bonds is 10. The number of aliphatic hydroxyl groups excluding tert-OH is 1. The van der Waals surface area contributed by atoms with Crippen molar-refractivity contribution in [1.82, 2.24) is 0 Å². The lowest BCUT2D eigenvalue weighted by atomic mass is 10.0. The summed E-state index contributed by atoms with van der Waals surface area (Å²) < 4.78 is 10.6. The summed E-state index contributed by atoms with van der Waals surface area (Å²) in [5.41, 5.74) is 2.61. The van der Waals surface area contributed by atoms with Crippen LogP contribution in [0.3, 0.4) is 0 Å². The summed E-state index contributed by atoms with van der Waals surface area (Å²) in [6.07, 6.45) is 8.28. The molecule has 3 nitrogen and oxygen atoms in total. The first-order valence-corrected chi connectivity index (χ1v) is 7.77. The van der Waals surface area contributed by atoms with E-state index in [9.17, 15) is 5.11 Å². The summed E-state index contributed by atoms with van der Waals surface area (Å²) in [5.74, 6) is 1.54. The summed E-state index contributed by atoms with van der Waals surface area (Å²) in [5, 5.41) is 9.43. The zero-order chi connectivity index (χ0) is 16.4. The molecule has 0 spiro atoms. The van der Waals surface area contributed by atoms with E-state index in [4.69, 9.17) is 9.47 Å². The van der Waals surface area contributed by atoms with Crippen LogP contribution in [0.1, 0.15) is 38.2 Å². The Morgan fingerprint density at radius 2 is 2.00 bits per heavy atom. The van der Waals surface area contributed by atoms with E-state index in [2.05, 4.69) is 25.6 Å². The Morgan fingerprint density at radius 1 is 1.27 bits per heavy atom. The maximum absolute atomic E-state index is 9.43. The molecule has 0 saturated carbocycles. The Morgan fingerprint density at radius 3 is 2.64 bits per heavy atom. The van der Waals surface area contributed by atoms with Crippen molar-refractivity contribution in [2.45, 2.75) is 45.1 Å². The molecule has 22 heavy (non-hydrogen) atoms. The minimum atomic E-state index is -0.375. The average molecular weight is 304 g/mol. The van der Waals surface area contributed by atoms with Gasteiger partial charge in [0.15, 0.2) is 11.5 Å². The van der Waals surface area contributed by atoms with Crippen LogP contribution in [-0.4, -0.2) is 25.4 Å². The quantitative estimate of drug-likeness (QED) is 0.655. The third-order valence-electron chi connectivity index (χ3n) is 3.72. The molecule has 0 aliphatic carbocycles. The minimum Gasteiger partial charge on any atom is -0.493 e. The van der Waals surface area contributed by atoms with E-state index in [1.54, 1.807) is 20.3 Å². The Kier molecular flexibility index (Phi) is 8.38. The molecule has 1 atom stereocenters. The molecule has 0 aliphatic rings. The van der Waals surface area contributed by atoms with E-state index in [-0.39, 0.29) is 6.10 Å². The molecule has 1 aromatic carbocycles. The average Bonchev–Trinajstić information content (AvgIpc) is 2.54. The van der Waals surface area contributed by atoms with Gasteiger partial charge in [0.05, 0.1) is 20.3 Å². The lowest BCUT2D eigenvalue weighted by Crippen LogP contribution is -2.00. The molecule has 0 aromatic heterocycles. The summed E-state index contributed by atoms with van der Waals surface area (Å²) in [7, 11) is 3.30. The van der Waals surface area contributed by atoms with Crippen molar-refractivity contribution >= 4 is 0 Å². The zero-order valence-corrected chi connectivity index (χ0v) is 14.0. The fourth-order valence-electron chi connectivity index (χ4n) is 2.33. The van der Waals surface area contributed by atoms with Crippen LogP contribution in [-0.2, 0) is 6.42 Å². The van der Waals surface area contributed by atoms with Gasteiger partial charge in [0.2, 0.25) is 0 Å². The molecule has 3 heteroatoms. The molecule has 0 saturated heterocycles. The number of ether oxygens (including phenoxy) is 2. The van der Waals surface area contributed by atoms with Crippen LogP contribution in [0.25, 0.3) is 0 Å². The van der Waals surface area contributed by atoms with Crippen LogP contribution in [0, 0.1) is 0 Å². The highest BCUT2D eigenvalue weighted by Crippen LogP contribution is 2.28. The molecule has 0 amide bonds. The van der Waals surface area contributed by atoms with Crippen molar-refractivity contribution in [3.8, 4) is 11.5 Å². The van der Waals surface area contributed by atoms with Crippen molar-refractivity contribution in [3.63, 3.8) is 0 Å². The van der Waals surface area contributed by atoms with Gasteiger partial charge in [-0.2, -0.15) is 0 Å². The van der Waals surface area contributed by atoms with Crippen molar-refractivity contribution in [2.75, 3.05) is 14.2 Å². The second-order valence-electron chi connectivity index (χ2n) is 5.47. The van der Waals surface area contributed by atoms with Crippen LogP contribution in [0.15, 0.2) is 42.5 Å². The van der Waals surface area contributed by atoms with Gasteiger partial charge in [-0.15, -0.1) is 6.58 Å². The van der Waals surface area contributed by atoms with Gasteiger partial charge in [0.1, 0.15) is 0 Å². The molecule has 1 aromatic rings. The molecule has 1 unspecified atom stereocenters. The molecular weight excluding hydrogens is 276 g/mol. The normalized spacial score (nSPS) is 12.8. The Balaban J connectivity index is 2.42. The minimum absolute atomic E-state index is 0.375. The molecule has 0 fully saturated rings. The Hall–Kier alpha value is -1.74. The number of allylic oxidation sites excluding steroid dienone is 2. The number of aryl methyl sites for hydroxylation is 1. The Bertz CT molecular complexity index is 491. The molecule has 1 rings (SSSR count). The number of methoxy groups -OCH3 is 2. The summed E-state index contributed by atoms with van der Waals surface area (Å²) in [6, 6.07) is 6.05. The highest BCUT2D eigenvalue weighted by molar-refractivity contribution is 5.42. The second kappa shape index (κ2) is 10.1. The SMILES string of the molecule is C=CC(O)CCC/C(C)=C/CCc1ccc(OC)c(OC)c1. The van der Waals surface area contributed by atoms with Crippen molar-refractivity contribution in [2.24, 2.45) is 0 Å². The smallest absolute Gasteiger partial charge is 0.160 e. The predicted octanol–water partition coefficient (Wildman–Crippen LogP) is 4.30. The molecular formula is C19H28O3. The van der Waals surface area contributed by atoms with Crippen LogP contribution in [0.5, 0.6) is 11.5 Å². The lowest BCUT2D eigenvalue weighted by Gasteiger charge is -2.09. The summed E-state index contributed by atoms with van der Waals surface area (Å²) in [6.45, 7) is 5.73. The van der Waals surface area contributed by atoms with E-state index >= 15 is 0 Å². The zero-order valence-electron chi connectivity index (χ0n) is 14.0. The topological polar surface area (TPSA) is 38.7 Å². The molecule has 0 bridgehead atoms. The highest BCUT2D eigenvalue weighted by Gasteiger charge is 2.04. The van der Waals surface area contributed by atoms with Gasteiger partial charge in [0, 0.05) is 0 Å². The number of aliphatic hydroxyl groups is 1. The molecule has 1 N–H and O–H groups in total. The number of benzene rings is 1. The highest BCUT2D eigenvalue weighted by atomic mass is 16.5. The fraction of sp³-hybridized carbons (Fsp3) is 0.474. The van der Waals surface area contributed by atoms with E-state index in [0.29, 0.717) is 0 Å². The first-order chi connectivity index (χ1) is 10.6. The van der Waals surface area contributed by atoms with Gasteiger partial charge in [-0.25, -0.2) is 0 Å². The van der Waals surface area contributed by atoms with Gasteiger partial charge < -0.3 is 14.6 Å². The van der Waals surface area contributed by atoms with Crippen molar-refractivity contribution < 1.29 is 14.6 Å². The fourth-order valence-corrected chi connectivity index (χ4v) is 2.33. The van der Waals surface area contributed by atoms with E-state index < -0.39 is 0 Å². The summed E-state index contributed by atoms with van der Waals surface area (Å²) >= 11 is 0. The molecule has 122 valence electrons. The van der Waals surface area contributed by atoms with E-state index in [1.165, 1.54) is 11.1 Å². The maximum atomic E-state index is 9.43. The van der Waals surface area contributed by atoms with Gasteiger partial charge >= 0.3 is 0 Å². The van der Waals surface area contributed by atoms with Crippen LogP contribution >= 0.6 is 0 Å². The maximum Gasteiger partial charge on any atom is 0.160 e. The largest absolute Gasteiger partial charge is 0.493 e. The first-order valence-electron chi connectivity index (χ1n) is 7.77. The van der Waals surface area contributed by atoms with E-state index in [1.807, 2.05) is 12.1 Å². The van der Waals surface area contributed by atoms with E-state index in [0.717, 1.165) is 43.6 Å². The van der Waals surface area contributed by atoms with Gasteiger partial charge in [0.25, 0.3) is 0 Å². The second-order valence-corrected chi connectivity index (χ2v) is 5.47. The summed E-state index contributed by atoms with van der Waals surface area (Å²) in [4.78, 5) is 0. The molecule has 0 aliphatic heterocycles. The van der Waals surface area contributed by atoms with Crippen LogP contribution in [0.2, 0.25) is 0 Å². The van der Waals surface area contributed by atoms with Gasteiger partial charge in [-0.3, -0.25) is 0 Å².